The second kappa shape index (κ2) is 7.51. The Balaban J connectivity index is 1.65. The van der Waals surface area contributed by atoms with Crippen LogP contribution in [0.15, 0.2) is 0 Å². The van der Waals surface area contributed by atoms with Gasteiger partial charge in [0.25, 0.3) is 0 Å². The first-order valence-electron chi connectivity index (χ1n) is 10.9. The van der Waals surface area contributed by atoms with Gasteiger partial charge in [-0.15, -0.1) is 0 Å². The number of hydrogen-bond donors (Lipinski definition) is 2. The SMILES string of the molecule is CO[C@H]1CC[C@@]2(C)C(C1)C[C@H](O)C1C2CC[C@@]2(CO)C1C[C@@H](Br)[C@@H]2OC(C)=O. The van der Waals surface area contributed by atoms with Crippen molar-refractivity contribution >= 4 is 21.9 Å². The number of carbonyl (C=O) groups is 1. The van der Waals surface area contributed by atoms with Crippen LogP contribution in [0.25, 0.3) is 0 Å². The normalized spacial score (nSPS) is 53.1. The zero-order valence-electron chi connectivity index (χ0n) is 17.3. The van der Waals surface area contributed by atoms with E-state index in [4.69, 9.17) is 9.47 Å². The van der Waals surface area contributed by atoms with Crippen molar-refractivity contribution in [3.05, 3.63) is 0 Å². The molecule has 28 heavy (non-hydrogen) atoms. The molecule has 4 aliphatic carbocycles. The molecule has 160 valence electrons. The average Bonchev–Trinajstić information content (AvgIpc) is 2.94. The van der Waals surface area contributed by atoms with Crippen molar-refractivity contribution in [2.45, 2.75) is 81.9 Å². The van der Waals surface area contributed by atoms with Crippen LogP contribution in [0.5, 0.6) is 0 Å². The number of ether oxygens (including phenoxy) is 2. The fourth-order valence-corrected chi connectivity index (χ4v) is 8.83. The fourth-order valence-electron chi connectivity index (χ4n) is 7.80. The van der Waals surface area contributed by atoms with Gasteiger partial charge in [0, 0.05) is 19.4 Å². The van der Waals surface area contributed by atoms with Crippen LogP contribution >= 0.6 is 15.9 Å². The van der Waals surface area contributed by atoms with E-state index < -0.39 is 5.41 Å². The van der Waals surface area contributed by atoms with Gasteiger partial charge in [0.1, 0.15) is 6.10 Å². The standard InChI is InChI=1S/C22H35BrO5/c1-12(25)28-20-17(23)10-16-19-15(5-7-22(16,20)11-24)21(2)6-4-14(27-3)8-13(21)9-18(19)26/h13-20,24,26H,4-11H2,1-3H3/t13?,14-,15?,16?,17+,18-,19?,20-,21-,22+/m0/s1. The summed E-state index contributed by atoms with van der Waals surface area (Å²) < 4.78 is 11.4. The summed E-state index contributed by atoms with van der Waals surface area (Å²) in [4.78, 5) is 11.8. The number of esters is 1. The molecule has 0 bridgehead atoms. The van der Waals surface area contributed by atoms with Gasteiger partial charge in [0.2, 0.25) is 0 Å². The Kier molecular flexibility index (Phi) is 5.65. The van der Waals surface area contributed by atoms with E-state index in [-0.39, 0.29) is 46.9 Å². The van der Waals surface area contributed by atoms with Crippen molar-refractivity contribution < 1.29 is 24.5 Å². The third kappa shape index (κ3) is 3.00. The van der Waals surface area contributed by atoms with E-state index in [1.165, 1.54) is 6.92 Å². The minimum absolute atomic E-state index is 0.0134. The average molecular weight is 459 g/mol. The lowest BCUT2D eigenvalue weighted by atomic mass is 9.44. The number of aliphatic hydroxyl groups excluding tert-OH is 2. The molecule has 0 saturated heterocycles. The van der Waals surface area contributed by atoms with Crippen molar-refractivity contribution in [3.63, 3.8) is 0 Å². The van der Waals surface area contributed by atoms with Crippen LogP contribution in [0.3, 0.4) is 0 Å². The number of fused-ring (bicyclic) bond motifs is 5. The highest BCUT2D eigenvalue weighted by atomic mass is 79.9. The monoisotopic (exact) mass is 458 g/mol. The molecule has 6 heteroatoms. The molecule has 4 aliphatic rings. The van der Waals surface area contributed by atoms with Crippen LogP contribution in [-0.2, 0) is 14.3 Å². The van der Waals surface area contributed by atoms with E-state index >= 15 is 0 Å². The molecule has 0 amide bonds. The van der Waals surface area contributed by atoms with E-state index in [1.807, 2.05) is 0 Å². The van der Waals surface area contributed by atoms with Gasteiger partial charge in [-0.05, 0) is 74.0 Å². The Morgan fingerprint density at radius 1 is 1.18 bits per heavy atom. The summed E-state index contributed by atoms with van der Waals surface area (Å²) in [6.07, 6.45) is 6.43. The van der Waals surface area contributed by atoms with Crippen molar-refractivity contribution in [2.75, 3.05) is 13.7 Å². The summed E-state index contributed by atoms with van der Waals surface area (Å²) in [5.41, 5.74) is -0.212. The summed E-state index contributed by atoms with van der Waals surface area (Å²) in [6.45, 7) is 3.89. The van der Waals surface area contributed by atoms with E-state index in [0.717, 1.165) is 44.9 Å². The van der Waals surface area contributed by atoms with Gasteiger partial charge in [-0.2, -0.15) is 0 Å². The van der Waals surface area contributed by atoms with Crippen LogP contribution in [0.4, 0.5) is 0 Å². The minimum Gasteiger partial charge on any atom is -0.461 e. The van der Waals surface area contributed by atoms with Crippen LogP contribution in [-0.4, -0.2) is 53.0 Å². The van der Waals surface area contributed by atoms with Gasteiger partial charge < -0.3 is 19.7 Å². The molecule has 4 fully saturated rings. The first-order chi connectivity index (χ1) is 13.3. The third-order valence-corrected chi connectivity index (χ3v) is 10.0. The summed E-state index contributed by atoms with van der Waals surface area (Å²) in [5.74, 6) is 1.01. The third-order valence-electron chi connectivity index (χ3n) is 9.19. The van der Waals surface area contributed by atoms with E-state index in [9.17, 15) is 15.0 Å². The molecule has 4 unspecified atom stereocenters. The lowest BCUT2D eigenvalue weighted by Gasteiger charge is -2.62. The number of alkyl halides is 1. The molecule has 0 aliphatic heterocycles. The summed E-state index contributed by atoms with van der Waals surface area (Å²) in [5, 5.41) is 21.8. The first kappa shape index (κ1) is 21.1. The summed E-state index contributed by atoms with van der Waals surface area (Å²) >= 11 is 3.75. The maximum atomic E-state index is 11.7. The van der Waals surface area contributed by atoms with E-state index in [1.54, 1.807) is 7.11 Å². The number of carbonyl (C=O) groups excluding carboxylic acids is 1. The van der Waals surface area contributed by atoms with Crippen LogP contribution in [0.1, 0.15) is 58.8 Å². The number of methoxy groups -OCH3 is 1. The lowest BCUT2D eigenvalue weighted by Crippen LogP contribution is -2.60. The highest BCUT2D eigenvalue weighted by Crippen LogP contribution is 2.67. The smallest absolute Gasteiger partial charge is 0.302 e. The van der Waals surface area contributed by atoms with Crippen LogP contribution < -0.4 is 0 Å². The molecule has 0 aromatic carbocycles. The van der Waals surface area contributed by atoms with Gasteiger partial charge in [-0.3, -0.25) is 4.79 Å². The predicted octanol–water partition coefficient (Wildman–Crippen LogP) is 3.29. The number of aliphatic hydroxyl groups is 2. The lowest BCUT2D eigenvalue weighted by molar-refractivity contribution is -0.195. The van der Waals surface area contributed by atoms with Crippen molar-refractivity contribution in [1.29, 1.82) is 0 Å². The largest absolute Gasteiger partial charge is 0.461 e. The van der Waals surface area contributed by atoms with Gasteiger partial charge in [-0.25, -0.2) is 0 Å². The zero-order chi connectivity index (χ0) is 20.3. The molecule has 2 N–H and O–H groups in total. The zero-order valence-corrected chi connectivity index (χ0v) is 18.9. The molecule has 4 rings (SSSR count). The molecule has 5 nitrogen and oxygen atoms in total. The number of halogens is 1. The molecule has 0 heterocycles. The Labute approximate surface area is 176 Å². The molecular formula is C22H35BrO5. The van der Waals surface area contributed by atoms with Gasteiger partial charge in [0.15, 0.2) is 0 Å². The number of rotatable bonds is 3. The van der Waals surface area contributed by atoms with Crippen molar-refractivity contribution in [3.8, 4) is 0 Å². The highest BCUT2D eigenvalue weighted by Gasteiger charge is 2.66. The quantitative estimate of drug-likeness (QED) is 0.501. The van der Waals surface area contributed by atoms with E-state index in [0.29, 0.717) is 17.9 Å². The summed E-state index contributed by atoms with van der Waals surface area (Å²) in [6, 6.07) is 0. The van der Waals surface area contributed by atoms with Crippen molar-refractivity contribution in [1.82, 2.24) is 0 Å². The number of hydrogen-bond acceptors (Lipinski definition) is 5. The highest BCUT2D eigenvalue weighted by molar-refractivity contribution is 9.09. The molecule has 4 saturated carbocycles. The van der Waals surface area contributed by atoms with Crippen molar-refractivity contribution in [2.24, 2.45) is 34.5 Å². The predicted molar refractivity (Wildman–Crippen MR) is 109 cm³/mol. The van der Waals surface area contributed by atoms with E-state index in [2.05, 4.69) is 22.9 Å². The summed E-state index contributed by atoms with van der Waals surface area (Å²) in [7, 11) is 1.80. The Morgan fingerprint density at radius 3 is 2.57 bits per heavy atom. The topological polar surface area (TPSA) is 76.0 Å². The molecule has 0 radical (unpaired) electrons. The second-order valence-corrected chi connectivity index (χ2v) is 11.3. The minimum atomic E-state index is -0.436. The molecule has 0 aromatic heterocycles. The van der Waals surface area contributed by atoms with Crippen LogP contribution in [0.2, 0.25) is 0 Å². The van der Waals surface area contributed by atoms with Gasteiger partial charge in [-0.1, -0.05) is 22.9 Å². The maximum Gasteiger partial charge on any atom is 0.302 e. The van der Waals surface area contributed by atoms with Gasteiger partial charge >= 0.3 is 5.97 Å². The molecular weight excluding hydrogens is 424 g/mol. The van der Waals surface area contributed by atoms with Crippen LogP contribution in [0, 0.1) is 34.5 Å². The molecule has 0 aromatic rings. The van der Waals surface area contributed by atoms with Gasteiger partial charge in [0.05, 0.1) is 23.6 Å². The molecule has 10 atom stereocenters. The molecule has 0 spiro atoms. The Morgan fingerprint density at radius 2 is 1.93 bits per heavy atom. The second-order valence-electron chi connectivity index (χ2n) is 10.1. The fraction of sp³-hybridized carbons (Fsp3) is 0.955. The Bertz CT molecular complexity index is 614. The maximum absolute atomic E-state index is 11.7. The first-order valence-corrected chi connectivity index (χ1v) is 11.8. The Hall–Kier alpha value is -0.170.